The zero-order valence-electron chi connectivity index (χ0n) is 8.52. The van der Waals surface area contributed by atoms with E-state index in [0.29, 0.717) is 6.42 Å². The second kappa shape index (κ2) is 5.08. The molecule has 2 N–H and O–H groups in total. The first kappa shape index (κ1) is 12.7. The van der Waals surface area contributed by atoms with Gasteiger partial charge in [0.15, 0.2) is 0 Å². The highest BCUT2D eigenvalue weighted by atomic mass is 79.9. The van der Waals surface area contributed by atoms with Crippen LogP contribution in [0.25, 0.3) is 5.70 Å². The molecule has 0 saturated carbocycles. The average Bonchev–Trinajstić information content (AvgIpc) is 2.17. The standard InChI is InChI=1S/C11H9BrF2N2/c1-2-6(5-15)11(16)10-8(13)3-7(12)4-9(10)14/h3-4H,2,16H2,1H3. The summed E-state index contributed by atoms with van der Waals surface area (Å²) in [6.45, 7) is 1.69. The summed E-state index contributed by atoms with van der Waals surface area (Å²) in [5.74, 6) is -1.57. The Morgan fingerprint density at radius 2 is 1.94 bits per heavy atom. The highest BCUT2D eigenvalue weighted by molar-refractivity contribution is 9.10. The normalized spacial score (nSPS) is 11.9. The number of rotatable bonds is 2. The molecule has 0 heterocycles. The van der Waals surface area contributed by atoms with Gasteiger partial charge in [0.25, 0.3) is 0 Å². The van der Waals surface area contributed by atoms with Gasteiger partial charge in [0.05, 0.1) is 22.9 Å². The van der Waals surface area contributed by atoms with Gasteiger partial charge < -0.3 is 5.73 Å². The van der Waals surface area contributed by atoms with Crippen LogP contribution in [0.2, 0.25) is 0 Å². The number of halogens is 3. The quantitative estimate of drug-likeness (QED) is 0.848. The Morgan fingerprint density at radius 3 is 2.31 bits per heavy atom. The van der Waals surface area contributed by atoms with Crippen LogP contribution in [0.1, 0.15) is 18.9 Å². The molecule has 0 bridgehead atoms. The number of hydrogen-bond acceptors (Lipinski definition) is 2. The molecule has 1 rings (SSSR count). The molecule has 0 saturated heterocycles. The van der Waals surface area contributed by atoms with Gasteiger partial charge in [-0.05, 0) is 18.6 Å². The van der Waals surface area contributed by atoms with E-state index in [0.717, 1.165) is 12.1 Å². The van der Waals surface area contributed by atoms with Crippen LogP contribution in [0, 0.1) is 23.0 Å². The lowest BCUT2D eigenvalue weighted by Gasteiger charge is -2.07. The molecular formula is C11H9BrF2N2. The Balaban J connectivity index is 3.46. The van der Waals surface area contributed by atoms with E-state index >= 15 is 0 Å². The number of benzene rings is 1. The molecule has 0 aliphatic heterocycles. The first-order chi connectivity index (χ1) is 7.51. The van der Waals surface area contributed by atoms with Gasteiger partial charge in [-0.3, -0.25) is 0 Å². The lowest BCUT2D eigenvalue weighted by molar-refractivity contribution is 0.575. The van der Waals surface area contributed by atoms with Crippen molar-refractivity contribution in [2.75, 3.05) is 0 Å². The molecule has 0 aromatic heterocycles. The molecule has 84 valence electrons. The van der Waals surface area contributed by atoms with Crippen LogP contribution in [0.5, 0.6) is 0 Å². The minimum absolute atomic E-state index is 0.146. The van der Waals surface area contributed by atoms with E-state index < -0.39 is 11.6 Å². The van der Waals surface area contributed by atoms with Gasteiger partial charge >= 0.3 is 0 Å². The number of nitrogens with two attached hydrogens (primary N) is 1. The van der Waals surface area contributed by atoms with Gasteiger partial charge in [0.2, 0.25) is 0 Å². The van der Waals surface area contributed by atoms with Crippen LogP contribution in [0.4, 0.5) is 8.78 Å². The fourth-order valence-electron chi connectivity index (χ4n) is 1.28. The Hall–Kier alpha value is -1.41. The van der Waals surface area contributed by atoms with Crippen molar-refractivity contribution in [1.82, 2.24) is 0 Å². The van der Waals surface area contributed by atoms with Crippen molar-refractivity contribution in [3.8, 4) is 6.07 Å². The summed E-state index contributed by atoms with van der Waals surface area (Å²) in [4.78, 5) is 0. The third-order valence-electron chi connectivity index (χ3n) is 2.09. The third-order valence-corrected chi connectivity index (χ3v) is 2.55. The van der Waals surface area contributed by atoms with E-state index in [1.807, 2.05) is 6.07 Å². The molecule has 16 heavy (non-hydrogen) atoms. The summed E-state index contributed by atoms with van der Waals surface area (Å²) < 4.78 is 27.3. The maximum atomic E-state index is 13.5. The van der Waals surface area contributed by atoms with Crippen molar-refractivity contribution in [2.45, 2.75) is 13.3 Å². The molecule has 1 aromatic carbocycles. The van der Waals surface area contributed by atoms with Crippen LogP contribution in [-0.4, -0.2) is 0 Å². The van der Waals surface area contributed by atoms with Crippen molar-refractivity contribution in [1.29, 1.82) is 5.26 Å². The minimum Gasteiger partial charge on any atom is -0.397 e. The molecule has 1 aromatic rings. The molecule has 0 aliphatic carbocycles. The van der Waals surface area contributed by atoms with Crippen LogP contribution < -0.4 is 5.73 Å². The van der Waals surface area contributed by atoms with Crippen LogP contribution in [0.3, 0.4) is 0 Å². The van der Waals surface area contributed by atoms with Gasteiger partial charge in [0, 0.05) is 4.47 Å². The number of allylic oxidation sites excluding steroid dienone is 1. The predicted octanol–water partition coefficient (Wildman–Crippen LogP) is 3.33. The summed E-state index contributed by atoms with van der Waals surface area (Å²) in [5.41, 5.74) is 5.25. The first-order valence-corrected chi connectivity index (χ1v) is 5.34. The molecule has 0 aliphatic rings. The minimum atomic E-state index is -0.787. The maximum absolute atomic E-state index is 13.5. The van der Waals surface area contributed by atoms with Crippen molar-refractivity contribution < 1.29 is 8.78 Å². The fraction of sp³-hybridized carbons (Fsp3) is 0.182. The summed E-state index contributed by atoms with van der Waals surface area (Å²) in [5, 5.41) is 8.75. The summed E-state index contributed by atoms with van der Waals surface area (Å²) in [6.07, 6.45) is 0.331. The lowest BCUT2D eigenvalue weighted by Crippen LogP contribution is -2.06. The topological polar surface area (TPSA) is 49.8 Å². The third kappa shape index (κ3) is 2.39. The van der Waals surface area contributed by atoms with E-state index in [4.69, 9.17) is 11.0 Å². The Morgan fingerprint density at radius 1 is 1.44 bits per heavy atom. The van der Waals surface area contributed by atoms with E-state index in [-0.39, 0.29) is 21.3 Å². The number of nitrogens with zero attached hydrogens (tertiary/aromatic N) is 1. The molecule has 2 nitrogen and oxygen atoms in total. The van der Waals surface area contributed by atoms with E-state index in [9.17, 15) is 8.78 Å². The predicted molar refractivity (Wildman–Crippen MR) is 61.1 cm³/mol. The molecule has 0 fully saturated rings. The molecule has 0 amide bonds. The van der Waals surface area contributed by atoms with Crippen molar-refractivity contribution in [3.63, 3.8) is 0 Å². The van der Waals surface area contributed by atoms with Gasteiger partial charge in [0.1, 0.15) is 11.6 Å². The first-order valence-electron chi connectivity index (χ1n) is 4.54. The SMILES string of the molecule is CCC(C#N)=C(N)c1c(F)cc(Br)cc1F. The summed E-state index contributed by atoms with van der Waals surface area (Å²) >= 11 is 2.97. The van der Waals surface area contributed by atoms with Gasteiger partial charge in [-0.25, -0.2) is 8.78 Å². The van der Waals surface area contributed by atoms with E-state index in [2.05, 4.69) is 15.9 Å². The second-order valence-electron chi connectivity index (χ2n) is 3.10. The van der Waals surface area contributed by atoms with Crippen molar-refractivity contribution in [2.24, 2.45) is 5.73 Å². The molecule has 0 radical (unpaired) electrons. The second-order valence-corrected chi connectivity index (χ2v) is 4.02. The monoisotopic (exact) mass is 286 g/mol. The molecular weight excluding hydrogens is 278 g/mol. The summed E-state index contributed by atoms with van der Waals surface area (Å²) in [7, 11) is 0. The zero-order chi connectivity index (χ0) is 12.3. The zero-order valence-corrected chi connectivity index (χ0v) is 10.1. The smallest absolute Gasteiger partial charge is 0.136 e. The number of nitriles is 1. The van der Waals surface area contributed by atoms with Crippen LogP contribution in [-0.2, 0) is 0 Å². The van der Waals surface area contributed by atoms with E-state index in [1.54, 1.807) is 6.92 Å². The van der Waals surface area contributed by atoms with Gasteiger partial charge in [-0.2, -0.15) is 5.26 Å². The Labute approximate surface area is 100 Å². The van der Waals surface area contributed by atoms with Crippen molar-refractivity contribution >= 4 is 21.6 Å². The summed E-state index contributed by atoms with van der Waals surface area (Å²) in [6, 6.07) is 4.04. The molecule has 5 heteroatoms. The molecule has 0 spiro atoms. The van der Waals surface area contributed by atoms with Gasteiger partial charge in [-0.15, -0.1) is 0 Å². The highest BCUT2D eigenvalue weighted by Gasteiger charge is 2.15. The van der Waals surface area contributed by atoms with Crippen LogP contribution >= 0.6 is 15.9 Å². The van der Waals surface area contributed by atoms with E-state index in [1.165, 1.54) is 0 Å². The Bertz CT molecular complexity index is 466. The maximum Gasteiger partial charge on any atom is 0.136 e. The van der Waals surface area contributed by atoms with Crippen molar-refractivity contribution in [3.05, 3.63) is 39.4 Å². The highest BCUT2D eigenvalue weighted by Crippen LogP contribution is 2.25. The Kier molecular flexibility index (Phi) is 4.02. The molecule has 0 atom stereocenters. The molecule has 0 unspecified atom stereocenters. The number of hydrogen-bond donors (Lipinski definition) is 1. The van der Waals surface area contributed by atoms with Crippen LogP contribution in [0.15, 0.2) is 22.2 Å². The fourth-order valence-corrected chi connectivity index (χ4v) is 1.68. The average molecular weight is 287 g/mol. The van der Waals surface area contributed by atoms with Gasteiger partial charge in [-0.1, -0.05) is 22.9 Å². The lowest BCUT2D eigenvalue weighted by atomic mass is 10.0. The largest absolute Gasteiger partial charge is 0.397 e.